The smallest absolute Gasteiger partial charge is 0.319 e. The van der Waals surface area contributed by atoms with Crippen molar-refractivity contribution in [3.63, 3.8) is 0 Å². The minimum absolute atomic E-state index is 0.117. The summed E-state index contributed by atoms with van der Waals surface area (Å²) in [6.45, 7) is 2.19. The van der Waals surface area contributed by atoms with E-state index in [1.807, 2.05) is 0 Å². The Labute approximate surface area is 135 Å². The van der Waals surface area contributed by atoms with Gasteiger partial charge in [0.2, 0.25) is 0 Å². The molecule has 122 valence electrons. The van der Waals surface area contributed by atoms with Crippen molar-refractivity contribution in [3.05, 3.63) is 23.2 Å². The fourth-order valence-corrected chi connectivity index (χ4v) is 2.35. The Hall–Kier alpha value is -1.50. The van der Waals surface area contributed by atoms with E-state index in [1.165, 1.54) is 0 Å². The third-order valence-corrected chi connectivity index (χ3v) is 3.54. The number of ether oxygens (including phenoxy) is 3. The second-order valence-electron chi connectivity index (χ2n) is 4.96. The lowest BCUT2D eigenvalue weighted by molar-refractivity contribution is 0.112. The molecule has 0 saturated carbocycles. The first-order valence-corrected chi connectivity index (χ1v) is 7.64. The van der Waals surface area contributed by atoms with Crippen LogP contribution in [0.3, 0.4) is 0 Å². The molecule has 1 saturated heterocycles. The molecular weight excluding hydrogens is 308 g/mol. The van der Waals surface area contributed by atoms with E-state index >= 15 is 0 Å². The molecule has 0 unspecified atom stereocenters. The molecule has 0 radical (unpaired) electrons. The zero-order valence-corrected chi connectivity index (χ0v) is 13.3. The van der Waals surface area contributed by atoms with Crippen molar-refractivity contribution in [2.75, 3.05) is 38.8 Å². The maximum Gasteiger partial charge on any atom is 0.319 e. The summed E-state index contributed by atoms with van der Waals surface area (Å²) in [5.41, 5.74) is 0.605. The van der Waals surface area contributed by atoms with Crippen LogP contribution in [0.5, 0.6) is 5.75 Å². The topological polar surface area (TPSA) is 68.8 Å². The van der Waals surface area contributed by atoms with Gasteiger partial charge in [0.1, 0.15) is 12.4 Å². The number of hydrogen-bond donors (Lipinski definition) is 2. The summed E-state index contributed by atoms with van der Waals surface area (Å²) in [4.78, 5) is 11.8. The van der Waals surface area contributed by atoms with E-state index in [2.05, 4.69) is 10.6 Å². The molecule has 22 heavy (non-hydrogen) atoms. The van der Waals surface area contributed by atoms with Gasteiger partial charge in [0.15, 0.2) is 0 Å². The molecule has 1 aromatic carbocycles. The normalized spacial score (nSPS) is 17.3. The predicted molar refractivity (Wildman–Crippen MR) is 84.8 cm³/mol. The molecule has 2 rings (SSSR count). The van der Waals surface area contributed by atoms with E-state index in [0.717, 1.165) is 19.4 Å². The highest BCUT2D eigenvalue weighted by atomic mass is 35.5. The van der Waals surface area contributed by atoms with Crippen molar-refractivity contribution in [1.82, 2.24) is 5.32 Å². The van der Waals surface area contributed by atoms with E-state index in [4.69, 9.17) is 25.8 Å². The van der Waals surface area contributed by atoms with Crippen molar-refractivity contribution >= 4 is 23.3 Å². The Morgan fingerprint density at radius 1 is 1.45 bits per heavy atom. The fraction of sp³-hybridized carbons (Fsp3) is 0.533. The molecule has 2 amide bonds. The first-order chi connectivity index (χ1) is 10.7. The zero-order chi connectivity index (χ0) is 15.8. The van der Waals surface area contributed by atoms with Crippen molar-refractivity contribution < 1.29 is 19.0 Å². The number of methoxy groups -OCH3 is 1. The second-order valence-corrected chi connectivity index (χ2v) is 5.36. The average molecular weight is 329 g/mol. The second kappa shape index (κ2) is 8.82. The minimum Gasteiger partial charge on any atom is -0.490 e. The van der Waals surface area contributed by atoms with Crippen molar-refractivity contribution in [1.29, 1.82) is 0 Å². The van der Waals surface area contributed by atoms with Gasteiger partial charge in [-0.1, -0.05) is 11.6 Å². The van der Waals surface area contributed by atoms with Gasteiger partial charge in [-0.2, -0.15) is 0 Å². The van der Waals surface area contributed by atoms with Crippen molar-refractivity contribution in [3.8, 4) is 5.75 Å². The van der Waals surface area contributed by atoms with Gasteiger partial charge in [0.25, 0.3) is 0 Å². The molecule has 7 heteroatoms. The third-order valence-electron chi connectivity index (χ3n) is 3.25. The van der Waals surface area contributed by atoms with E-state index in [9.17, 15) is 4.79 Å². The summed E-state index contributed by atoms with van der Waals surface area (Å²) in [7, 11) is 1.60. The lowest BCUT2D eigenvalue weighted by Gasteiger charge is -2.13. The monoisotopic (exact) mass is 328 g/mol. The quantitative estimate of drug-likeness (QED) is 0.755. The van der Waals surface area contributed by atoms with Crippen LogP contribution in [0.2, 0.25) is 5.02 Å². The van der Waals surface area contributed by atoms with Crippen LogP contribution in [0.4, 0.5) is 10.5 Å². The summed E-state index contributed by atoms with van der Waals surface area (Å²) in [5.74, 6) is 0.559. The van der Waals surface area contributed by atoms with Gasteiger partial charge in [-0.15, -0.1) is 0 Å². The SMILES string of the molecule is COCCOc1ccc(NC(=O)NC[C@H]2CCCO2)cc1Cl. The van der Waals surface area contributed by atoms with E-state index in [1.54, 1.807) is 25.3 Å². The Morgan fingerprint density at radius 2 is 2.32 bits per heavy atom. The molecule has 1 aliphatic heterocycles. The van der Waals surface area contributed by atoms with Crippen LogP contribution in [0.1, 0.15) is 12.8 Å². The molecule has 1 aliphatic rings. The molecule has 1 fully saturated rings. The summed E-state index contributed by atoms with van der Waals surface area (Å²) in [5, 5.41) is 5.95. The molecule has 1 heterocycles. The van der Waals surface area contributed by atoms with E-state index in [0.29, 0.717) is 36.2 Å². The summed E-state index contributed by atoms with van der Waals surface area (Å²) in [6, 6.07) is 4.82. The fourth-order valence-electron chi connectivity index (χ4n) is 2.12. The predicted octanol–water partition coefficient (Wildman–Crippen LogP) is 2.67. The van der Waals surface area contributed by atoms with Gasteiger partial charge >= 0.3 is 6.03 Å². The Morgan fingerprint density at radius 3 is 3.00 bits per heavy atom. The Kier molecular flexibility index (Phi) is 6.76. The van der Waals surface area contributed by atoms with Gasteiger partial charge in [-0.25, -0.2) is 4.79 Å². The highest BCUT2D eigenvalue weighted by Gasteiger charge is 2.16. The standard InChI is InChI=1S/C15H21ClN2O4/c1-20-7-8-22-14-5-4-11(9-13(14)16)18-15(19)17-10-12-3-2-6-21-12/h4-5,9,12H,2-3,6-8,10H2,1H3,(H2,17,18,19)/t12-/m1/s1. The molecule has 0 spiro atoms. The van der Waals surface area contributed by atoms with Crippen LogP contribution >= 0.6 is 11.6 Å². The van der Waals surface area contributed by atoms with Crippen LogP contribution in [0.25, 0.3) is 0 Å². The van der Waals surface area contributed by atoms with Crippen LogP contribution in [0, 0.1) is 0 Å². The molecule has 2 N–H and O–H groups in total. The number of rotatable bonds is 7. The molecule has 1 aromatic rings. The summed E-state index contributed by atoms with van der Waals surface area (Å²) >= 11 is 6.11. The van der Waals surface area contributed by atoms with E-state index in [-0.39, 0.29) is 12.1 Å². The number of urea groups is 1. The molecule has 0 aromatic heterocycles. The number of amides is 2. The number of nitrogens with one attached hydrogen (secondary N) is 2. The number of hydrogen-bond acceptors (Lipinski definition) is 4. The maximum absolute atomic E-state index is 11.8. The van der Waals surface area contributed by atoms with Gasteiger partial charge in [0, 0.05) is 25.9 Å². The minimum atomic E-state index is -0.278. The molecule has 0 aliphatic carbocycles. The van der Waals surface area contributed by atoms with Gasteiger partial charge in [-0.3, -0.25) is 0 Å². The largest absolute Gasteiger partial charge is 0.490 e. The summed E-state index contributed by atoms with van der Waals surface area (Å²) in [6.07, 6.45) is 2.15. The molecule has 1 atom stereocenters. The van der Waals surface area contributed by atoms with Gasteiger partial charge in [0.05, 0.1) is 17.7 Å². The lowest BCUT2D eigenvalue weighted by atomic mass is 10.2. The Bertz CT molecular complexity index is 492. The van der Waals surface area contributed by atoms with Gasteiger partial charge in [-0.05, 0) is 31.0 Å². The van der Waals surface area contributed by atoms with Crippen LogP contribution in [-0.4, -0.2) is 45.6 Å². The first-order valence-electron chi connectivity index (χ1n) is 7.27. The zero-order valence-electron chi connectivity index (χ0n) is 12.6. The van der Waals surface area contributed by atoms with E-state index < -0.39 is 0 Å². The van der Waals surface area contributed by atoms with Crippen molar-refractivity contribution in [2.45, 2.75) is 18.9 Å². The number of benzene rings is 1. The lowest BCUT2D eigenvalue weighted by Crippen LogP contribution is -2.35. The van der Waals surface area contributed by atoms with Crippen molar-refractivity contribution in [2.24, 2.45) is 0 Å². The number of halogens is 1. The first kappa shape index (κ1) is 16.9. The molecular formula is C15H21ClN2O4. The highest BCUT2D eigenvalue weighted by Crippen LogP contribution is 2.27. The van der Waals surface area contributed by atoms with Crippen LogP contribution in [0.15, 0.2) is 18.2 Å². The third kappa shape index (κ3) is 5.36. The Balaban J connectivity index is 1.79. The van der Waals surface area contributed by atoms with Gasteiger partial charge < -0.3 is 24.8 Å². The summed E-state index contributed by atoms with van der Waals surface area (Å²) < 4.78 is 15.8. The van der Waals surface area contributed by atoms with Crippen LogP contribution < -0.4 is 15.4 Å². The highest BCUT2D eigenvalue weighted by molar-refractivity contribution is 6.32. The average Bonchev–Trinajstić information content (AvgIpc) is 3.01. The molecule has 6 nitrogen and oxygen atoms in total. The number of carbonyl (C=O) groups excluding carboxylic acids is 1. The number of carbonyl (C=O) groups is 1. The van der Waals surface area contributed by atoms with Crippen LogP contribution in [-0.2, 0) is 9.47 Å². The molecule has 0 bridgehead atoms. The maximum atomic E-state index is 11.8. The number of anilines is 1.